The van der Waals surface area contributed by atoms with Gasteiger partial charge in [-0.2, -0.15) is 11.8 Å². The van der Waals surface area contributed by atoms with Crippen LogP contribution in [0, 0.1) is 0 Å². The fourth-order valence-electron chi connectivity index (χ4n) is 4.05. The maximum absolute atomic E-state index is 13.3. The number of amides is 2. The van der Waals surface area contributed by atoms with Gasteiger partial charge in [0, 0.05) is 35.8 Å². The van der Waals surface area contributed by atoms with Gasteiger partial charge in [-0.3, -0.25) is 9.59 Å². The number of rotatable bonds is 7. The van der Waals surface area contributed by atoms with Crippen molar-refractivity contribution in [2.75, 3.05) is 25.1 Å². The number of H-pyrrole nitrogens is 1. The first-order valence-electron chi connectivity index (χ1n) is 10.7. The summed E-state index contributed by atoms with van der Waals surface area (Å²) >= 11 is 7.83. The Bertz CT molecular complexity index is 1160. The van der Waals surface area contributed by atoms with Crippen molar-refractivity contribution in [2.24, 2.45) is 0 Å². The molecule has 1 unspecified atom stereocenters. The number of nitrogens with zero attached hydrogens (tertiary/aromatic N) is 1. The lowest BCUT2D eigenvalue weighted by molar-refractivity contribution is -0.132. The van der Waals surface area contributed by atoms with Gasteiger partial charge in [-0.05, 0) is 48.6 Å². The second kappa shape index (κ2) is 10.3. The monoisotopic (exact) mass is 467 g/mol. The van der Waals surface area contributed by atoms with Gasteiger partial charge in [0.2, 0.25) is 5.91 Å². The predicted molar refractivity (Wildman–Crippen MR) is 133 cm³/mol. The summed E-state index contributed by atoms with van der Waals surface area (Å²) in [6.45, 7) is 1.16. The molecule has 7 heteroatoms. The average Bonchev–Trinajstić information content (AvgIpc) is 3.26. The number of hydrogen-bond donors (Lipinski definition) is 2. The SMILES string of the molecule is CSCCC(NC(=O)c1ccccc1Cl)C(=O)N1CC=C(c2c[nH]c3ccccc23)CC1. The zero-order valence-corrected chi connectivity index (χ0v) is 19.5. The lowest BCUT2D eigenvalue weighted by Crippen LogP contribution is -2.50. The Morgan fingerprint density at radius 2 is 1.97 bits per heavy atom. The van der Waals surface area contributed by atoms with E-state index >= 15 is 0 Å². The zero-order valence-electron chi connectivity index (χ0n) is 17.9. The Hall–Kier alpha value is -2.70. The number of benzene rings is 2. The van der Waals surface area contributed by atoms with E-state index in [1.54, 1.807) is 36.0 Å². The number of carbonyl (C=O) groups excluding carboxylic acids is 2. The summed E-state index contributed by atoms with van der Waals surface area (Å²) in [5.41, 5.74) is 3.93. The van der Waals surface area contributed by atoms with E-state index < -0.39 is 6.04 Å². The lowest BCUT2D eigenvalue weighted by atomic mass is 9.98. The molecule has 1 aliphatic rings. The van der Waals surface area contributed by atoms with Crippen molar-refractivity contribution in [1.29, 1.82) is 0 Å². The van der Waals surface area contributed by atoms with Crippen LogP contribution in [0.4, 0.5) is 0 Å². The van der Waals surface area contributed by atoms with Gasteiger partial charge in [-0.15, -0.1) is 0 Å². The molecule has 0 fully saturated rings. The first kappa shape index (κ1) is 22.5. The summed E-state index contributed by atoms with van der Waals surface area (Å²) in [5, 5.41) is 4.49. The minimum atomic E-state index is -0.575. The maximum Gasteiger partial charge on any atom is 0.253 e. The highest BCUT2D eigenvalue weighted by molar-refractivity contribution is 7.98. The molecule has 166 valence electrons. The Kier molecular flexibility index (Phi) is 7.22. The normalized spacial score (nSPS) is 14.8. The van der Waals surface area contributed by atoms with Crippen molar-refractivity contribution in [3.63, 3.8) is 0 Å². The third-order valence-corrected chi connectivity index (χ3v) is 6.76. The van der Waals surface area contributed by atoms with Crippen LogP contribution in [0.25, 0.3) is 16.5 Å². The second-order valence-electron chi connectivity index (χ2n) is 7.80. The Labute approximate surface area is 197 Å². The molecule has 2 N–H and O–H groups in total. The number of nitrogens with one attached hydrogen (secondary N) is 2. The van der Waals surface area contributed by atoms with Gasteiger partial charge in [-0.1, -0.05) is 48.0 Å². The summed E-state index contributed by atoms with van der Waals surface area (Å²) in [5.74, 6) is 0.416. The van der Waals surface area contributed by atoms with Crippen molar-refractivity contribution in [1.82, 2.24) is 15.2 Å². The van der Waals surface area contributed by atoms with Crippen LogP contribution in [0.1, 0.15) is 28.8 Å². The number of thioether (sulfide) groups is 1. The van der Waals surface area contributed by atoms with Crippen LogP contribution in [-0.2, 0) is 4.79 Å². The number of para-hydroxylation sites is 1. The fourth-order valence-corrected chi connectivity index (χ4v) is 4.74. The van der Waals surface area contributed by atoms with Crippen LogP contribution >= 0.6 is 23.4 Å². The van der Waals surface area contributed by atoms with Crippen molar-refractivity contribution < 1.29 is 9.59 Å². The fraction of sp³-hybridized carbons (Fsp3) is 0.280. The molecular formula is C25H26ClN3O2S. The Balaban J connectivity index is 1.47. The molecule has 0 saturated heterocycles. The van der Waals surface area contributed by atoms with Gasteiger partial charge >= 0.3 is 0 Å². The molecular weight excluding hydrogens is 442 g/mol. The van der Waals surface area contributed by atoms with Gasteiger partial charge in [-0.25, -0.2) is 0 Å². The third-order valence-electron chi connectivity index (χ3n) is 5.79. The highest BCUT2D eigenvalue weighted by atomic mass is 35.5. The number of aromatic amines is 1. The molecule has 1 aromatic heterocycles. The van der Waals surface area contributed by atoms with E-state index in [-0.39, 0.29) is 11.8 Å². The van der Waals surface area contributed by atoms with Crippen LogP contribution in [0.3, 0.4) is 0 Å². The zero-order chi connectivity index (χ0) is 22.5. The quantitative estimate of drug-likeness (QED) is 0.514. The minimum absolute atomic E-state index is 0.0475. The molecule has 2 aromatic carbocycles. The van der Waals surface area contributed by atoms with Crippen LogP contribution in [0.15, 0.2) is 60.8 Å². The van der Waals surface area contributed by atoms with Gasteiger partial charge < -0.3 is 15.2 Å². The summed E-state index contributed by atoms with van der Waals surface area (Å²) < 4.78 is 0. The van der Waals surface area contributed by atoms with Crippen molar-refractivity contribution in [2.45, 2.75) is 18.9 Å². The lowest BCUT2D eigenvalue weighted by Gasteiger charge is -2.30. The number of aromatic nitrogens is 1. The summed E-state index contributed by atoms with van der Waals surface area (Å²) in [6, 6.07) is 14.6. The molecule has 0 spiro atoms. The molecule has 5 nitrogen and oxygen atoms in total. The van der Waals surface area contributed by atoms with Crippen molar-refractivity contribution >= 4 is 51.7 Å². The number of fused-ring (bicyclic) bond motifs is 1. The number of hydrogen-bond acceptors (Lipinski definition) is 3. The largest absolute Gasteiger partial charge is 0.361 e. The van der Waals surface area contributed by atoms with Gasteiger partial charge in [0.15, 0.2) is 0 Å². The molecule has 1 atom stereocenters. The molecule has 2 amide bonds. The summed E-state index contributed by atoms with van der Waals surface area (Å²) in [4.78, 5) is 31.2. The average molecular weight is 468 g/mol. The van der Waals surface area contributed by atoms with Gasteiger partial charge in [0.05, 0.1) is 10.6 Å². The first-order valence-corrected chi connectivity index (χ1v) is 12.4. The first-order chi connectivity index (χ1) is 15.6. The molecule has 0 radical (unpaired) electrons. The topological polar surface area (TPSA) is 65.2 Å². The smallest absolute Gasteiger partial charge is 0.253 e. The van der Waals surface area contributed by atoms with E-state index in [2.05, 4.69) is 28.5 Å². The number of carbonyl (C=O) groups is 2. The van der Waals surface area contributed by atoms with Gasteiger partial charge in [0.25, 0.3) is 5.91 Å². The molecule has 1 aliphatic heterocycles. The van der Waals surface area contributed by atoms with E-state index in [9.17, 15) is 9.59 Å². The van der Waals surface area contributed by atoms with Crippen LogP contribution < -0.4 is 5.32 Å². The van der Waals surface area contributed by atoms with E-state index in [1.165, 1.54) is 16.5 Å². The highest BCUT2D eigenvalue weighted by Gasteiger charge is 2.28. The van der Waals surface area contributed by atoms with Crippen LogP contribution in [0.5, 0.6) is 0 Å². The van der Waals surface area contributed by atoms with E-state index in [1.807, 2.05) is 29.5 Å². The van der Waals surface area contributed by atoms with Crippen LogP contribution in [-0.4, -0.2) is 52.8 Å². The molecule has 4 rings (SSSR count). The standard InChI is InChI=1S/C25H26ClN3O2S/c1-32-15-12-23(28-24(30)19-7-2-4-8-21(19)26)25(31)29-13-10-17(11-14-29)20-16-27-22-9-5-3-6-18(20)22/h2-10,16,23,27H,11-15H2,1H3,(H,28,30). The van der Waals surface area contributed by atoms with Gasteiger partial charge in [0.1, 0.15) is 6.04 Å². The highest BCUT2D eigenvalue weighted by Crippen LogP contribution is 2.29. The Morgan fingerprint density at radius 1 is 1.19 bits per heavy atom. The number of halogens is 1. The molecule has 0 aliphatic carbocycles. The van der Waals surface area contributed by atoms with Crippen molar-refractivity contribution in [3.05, 3.63) is 77.0 Å². The van der Waals surface area contributed by atoms with E-state index in [4.69, 9.17) is 11.6 Å². The Morgan fingerprint density at radius 3 is 2.72 bits per heavy atom. The van der Waals surface area contributed by atoms with E-state index in [0.717, 1.165) is 17.7 Å². The molecule has 0 saturated carbocycles. The summed E-state index contributed by atoms with van der Waals surface area (Å²) in [6.07, 6.45) is 7.51. The molecule has 32 heavy (non-hydrogen) atoms. The van der Waals surface area contributed by atoms with E-state index in [0.29, 0.717) is 30.1 Å². The van der Waals surface area contributed by atoms with Crippen LogP contribution in [0.2, 0.25) is 5.02 Å². The third kappa shape index (κ3) is 4.87. The summed E-state index contributed by atoms with van der Waals surface area (Å²) in [7, 11) is 0. The predicted octanol–water partition coefficient (Wildman–Crippen LogP) is 4.99. The maximum atomic E-state index is 13.3. The molecule has 2 heterocycles. The molecule has 3 aromatic rings. The second-order valence-corrected chi connectivity index (χ2v) is 9.19. The molecule has 0 bridgehead atoms. The minimum Gasteiger partial charge on any atom is -0.361 e. The van der Waals surface area contributed by atoms with Crippen molar-refractivity contribution in [3.8, 4) is 0 Å².